The first-order valence-electron chi connectivity index (χ1n) is 45.6. The summed E-state index contributed by atoms with van der Waals surface area (Å²) in [5, 5.41) is 108. The summed E-state index contributed by atoms with van der Waals surface area (Å²) in [5.74, 6) is -6.09. The fourth-order valence-corrected chi connectivity index (χ4v) is 25.2. The number of rotatable bonds is 20. The van der Waals surface area contributed by atoms with Crippen molar-refractivity contribution in [2.24, 2.45) is 35.5 Å². The van der Waals surface area contributed by atoms with Crippen molar-refractivity contribution in [2.75, 3.05) is 76.2 Å². The van der Waals surface area contributed by atoms with Gasteiger partial charge in [-0.2, -0.15) is 0 Å². The number of carbonyl (C=O) groups excluding carboxylic acids is 3. The van der Waals surface area contributed by atoms with E-state index < -0.39 is 217 Å². The Morgan fingerprint density at radius 2 is 0.872 bits per heavy atom. The average Bonchev–Trinajstić information content (AvgIpc) is 0.770. The molecule has 8 rings (SSSR count). The third-order valence-electron chi connectivity index (χ3n) is 28.5. The first-order valence-corrected chi connectivity index (χ1v) is 47.5. The number of aliphatic hydroxyl groups excluding tert-OH is 5. The topological polar surface area (TPSA) is 375 Å². The molecular formula is C94H164N4O26Si. The fourth-order valence-electron chi connectivity index (χ4n) is 20.7. The Bertz CT molecular complexity index is 3600. The van der Waals surface area contributed by atoms with Gasteiger partial charge in [0.2, 0.25) is 0 Å². The highest BCUT2D eigenvalue weighted by atomic mass is 28.4. The molecule has 125 heavy (non-hydrogen) atoms. The molecule has 720 valence electrons. The smallest absolute Gasteiger partial charge is 0.331 e. The lowest BCUT2D eigenvalue weighted by atomic mass is 9.77. The van der Waals surface area contributed by atoms with Crippen LogP contribution in [0.4, 0.5) is 0 Å². The lowest BCUT2D eigenvalue weighted by Crippen LogP contribution is -2.67. The van der Waals surface area contributed by atoms with Gasteiger partial charge in [0.05, 0.1) is 89.1 Å². The lowest BCUT2D eigenvalue weighted by Gasteiger charge is -2.49. The number of nitrogens with zero attached hydrogens (tertiary/aromatic N) is 4. The molecule has 0 amide bonds. The highest BCUT2D eigenvalue weighted by Crippen LogP contribution is 2.45. The molecule has 6 heterocycles. The minimum atomic E-state index is -3.16. The number of hydrogen-bond acceptors (Lipinski definition) is 30. The predicted octanol–water partition coefficient (Wildman–Crippen LogP) is 6.93. The van der Waals surface area contributed by atoms with Crippen LogP contribution in [-0.4, -0.2) is 349 Å². The largest absolute Gasteiger partial charge is 0.459 e. The zero-order valence-corrected chi connectivity index (χ0v) is 82.1. The van der Waals surface area contributed by atoms with Crippen LogP contribution < -0.4 is 10.4 Å². The zero-order valence-electron chi connectivity index (χ0n) is 81.1. The van der Waals surface area contributed by atoms with Crippen molar-refractivity contribution in [3.05, 3.63) is 60.7 Å². The minimum absolute atomic E-state index is 0.0867. The van der Waals surface area contributed by atoms with Crippen LogP contribution in [-0.2, 0) is 80.4 Å². The van der Waals surface area contributed by atoms with E-state index in [4.69, 9.17) is 66.0 Å². The van der Waals surface area contributed by atoms with Gasteiger partial charge in [0.15, 0.2) is 31.3 Å². The fraction of sp³-hybridized carbons (Fsp3) is 0.840. The van der Waals surface area contributed by atoms with E-state index in [2.05, 4.69) is 45.0 Å². The van der Waals surface area contributed by atoms with Crippen LogP contribution in [0.5, 0.6) is 0 Å². The Balaban J connectivity index is 0.000000364. The molecule has 0 unspecified atom stereocenters. The maximum absolute atomic E-state index is 14.7. The quantitative estimate of drug-likeness (QED) is 0.0368. The number of hydrogen-bond donors (Lipinski definition) is 9. The standard InChI is InChI=1S/C56H92N2O14Si.C38H72N2O12/c1-18-43-56(13,64)48(60)38(6)58(16)32-34(2)30-54(11,63)50(36(4)46(37(5)51(62)69-43)71-45-31-55(12,65-17)49(61)39(7)68-45)72-52-47(42(57(14)15)29-35(3)67-52)70-44(59)33-66-73(53(8,9)10,40-25-21-19-22-26-40)41-27-23-20-24-28-41;1-15-27-38(10,46)31(42)24(6)40(13)19-20(2)17-36(8,45)33(52-35-29(41)26(39(11)12)16-21(3)48-35)22(4)30(23(5)34(44)50-27)51-28-18-37(9,47-14)32(43)25(7)49-28/h19-28,34-39,42-43,45-50,52,60-61,63-64H,18,29-33H2,1-17H3;20-33,35,41-43,45-46H,15-19H2,1-14H3/t34-,35-,36+,37-,38-,39+,42+,43-,45+,46+,47-,48-,49+,50-,52+,54-,55-,56-;20-,21-,22+,23-,24-,25+,26+,27-,28+,29-,30+,31-,32+,33-,35+,36-,37-,38-/m11/s1. The van der Waals surface area contributed by atoms with Gasteiger partial charge in [0.1, 0.15) is 60.5 Å². The second kappa shape index (κ2) is 44.3. The molecule has 31 heteroatoms. The summed E-state index contributed by atoms with van der Waals surface area (Å²) in [7, 11) is 11.1. The summed E-state index contributed by atoms with van der Waals surface area (Å²) in [4.78, 5) is 51.2. The predicted molar refractivity (Wildman–Crippen MR) is 476 cm³/mol. The van der Waals surface area contributed by atoms with E-state index >= 15 is 0 Å². The van der Waals surface area contributed by atoms with Gasteiger partial charge in [-0.3, -0.25) is 9.59 Å². The van der Waals surface area contributed by atoms with Crippen molar-refractivity contribution in [3.8, 4) is 0 Å². The van der Waals surface area contributed by atoms with E-state index in [0.29, 0.717) is 25.9 Å². The van der Waals surface area contributed by atoms with Crippen molar-refractivity contribution >= 4 is 36.6 Å². The van der Waals surface area contributed by atoms with Gasteiger partial charge in [-0.15, -0.1) is 0 Å². The molecule has 6 saturated heterocycles. The number of carbonyl (C=O) groups is 3. The Labute approximate surface area is 747 Å². The summed E-state index contributed by atoms with van der Waals surface area (Å²) in [6.45, 7) is 42.1. The summed E-state index contributed by atoms with van der Waals surface area (Å²) in [6.07, 6.45) is -17.3. The third-order valence-corrected chi connectivity index (χ3v) is 33.5. The van der Waals surface area contributed by atoms with Crippen LogP contribution in [0.1, 0.15) is 211 Å². The van der Waals surface area contributed by atoms with Crippen molar-refractivity contribution in [1.82, 2.24) is 19.6 Å². The van der Waals surface area contributed by atoms with Crippen molar-refractivity contribution in [3.63, 3.8) is 0 Å². The molecule has 2 aromatic carbocycles. The molecule has 0 bridgehead atoms. The molecule has 6 fully saturated rings. The van der Waals surface area contributed by atoms with Crippen LogP contribution in [0.25, 0.3) is 0 Å². The maximum atomic E-state index is 14.7. The SMILES string of the molecule is CC[C@H]1OC(=O)[C@H](C)[C@@H](O[C@H]2C[C@@](C)(OC)[C@@H](O)[C@H](C)O2)[C@H](C)[C@@H](O[C@@H]2O[C@H](C)C[C@H](N(C)C)[C@H]2O)[C@](C)(O)C[C@@H](C)CN(C)[C@H](C)[C@@H](O)[C@]1(C)O.CC[C@H]1OC(=O)[C@H](C)[C@@H](O[C@H]2C[C@@](C)(OC)[C@@H](O)[C@H](C)O2)[C@H](C)[C@@H](O[C@@H]2O[C@H](C)C[C@H](N(C)C)[C@H]2OC(=O)CO[Si](c2ccccc2)(c2ccccc2)C(C)(C)C)[C@](C)(O)C[C@@H](C)CN(C)[C@H](C)[C@@H](O)[C@]1(C)O. The van der Waals surface area contributed by atoms with E-state index in [-0.39, 0.29) is 75.2 Å². The van der Waals surface area contributed by atoms with Gasteiger partial charge in [-0.25, -0.2) is 4.79 Å². The zero-order chi connectivity index (χ0) is 94.3. The summed E-state index contributed by atoms with van der Waals surface area (Å²) < 4.78 is 90.2. The van der Waals surface area contributed by atoms with Gasteiger partial charge in [0, 0.05) is 70.1 Å². The van der Waals surface area contributed by atoms with Crippen molar-refractivity contribution in [2.45, 2.75) is 396 Å². The molecule has 36 atom stereocenters. The number of ether oxygens (including phenoxy) is 13. The molecule has 2 aromatic rings. The highest BCUT2D eigenvalue weighted by molar-refractivity contribution is 6.99. The first-order chi connectivity index (χ1) is 57.9. The van der Waals surface area contributed by atoms with Gasteiger partial charge in [-0.05, 0) is 205 Å². The van der Waals surface area contributed by atoms with Gasteiger partial charge in [-0.1, -0.05) is 123 Å². The first kappa shape index (κ1) is 108. The third kappa shape index (κ3) is 25.3. The molecule has 0 aliphatic carbocycles. The number of cyclic esters (lactones) is 2. The Morgan fingerprint density at radius 1 is 0.512 bits per heavy atom. The maximum Gasteiger partial charge on any atom is 0.331 e. The number of methoxy groups -OCH3 is 2. The van der Waals surface area contributed by atoms with Crippen molar-refractivity contribution in [1.29, 1.82) is 0 Å². The molecule has 6 aliphatic rings. The van der Waals surface area contributed by atoms with Crippen LogP contribution in [0.15, 0.2) is 60.7 Å². The van der Waals surface area contributed by atoms with E-state index in [0.717, 1.165) is 10.4 Å². The van der Waals surface area contributed by atoms with E-state index in [1.807, 2.05) is 140 Å². The Kier molecular flexibility index (Phi) is 38.3. The monoisotopic (exact) mass is 1790 g/mol. The van der Waals surface area contributed by atoms with Gasteiger partial charge in [0.25, 0.3) is 8.32 Å². The Hall–Kier alpha value is -3.89. The molecule has 0 aromatic heterocycles. The van der Waals surface area contributed by atoms with Crippen LogP contribution in [0.2, 0.25) is 5.04 Å². The highest BCUT2D eigenvalue weighted by Gasteiger charge is 2.58. The molecule has 6 aliphatic heterocycles. The van der Waals surface area contributed by atoms with E-state index in [1.165, 1.54) is 28.1 Å². The summed E-state index contributed by atoms with van der Waals surface area (Å²) >= 11 is 0. The molecule has 0 radical (unpaired) electrons. The molecule has 30 nitrogen and oxygen atoms in total. The number of benzene rings is 2. The molecular weight excluding hydrogens is 1630 g/mol. The van der Waals surface area contributed by atoms with E-state index in [1.54, 1.807) is 83.1 Å². The second-order valence-corrected chi connectivity index (χ2v) is 45.1. The number of likely N-dealkylation sites (N-methyl/N-ethyl adjacent to an activating group) is 4. The molecule has 0 spiro atoms. The van der Waals surface area contributed by atoms with Crippen LogP contribution in [0.3, 0.4) is 0 Å². The minimum Gasteiger partial charge on any atom is -0.459 e. The molecule has 9 N–H and O–H groups in total. The normalized spacial score (nSPS) is 43.4. The van der Waals surface area contributed by atoms with E-state index in [9.17, 15) is 60.3 Å². The van der Waals surface area contributed by atoms with Crippen LogP contribution >= 0.6 is 0 Å². The number of esters is 3. The number of aliphatic hydroxyl groups is 9. The van der Waals surface area contributed by atoms with Crippen molar-refractivity contribution < 1.29 is 126 Å². The van der Waals surface area contributed by atoms with Gasteiger partial charge >= 0.3 is 17.9 Å². The van der Waals surface area contributed by atoms with Gasteiger partial charge < -0.3 is 132 Å². The lowest BCUT2D eigenvalue weighted by molar-refractivity contribution is -0.319. The summed E-state index contributed by atoms with van der Waals surface area (Å²) in [5.41, 5.74) is -8.99. The average molecular weight is 1790 g/mol. The summed E-state index contributed by atoms with van der Waals surface area (Å²) in [6, 6.07) is 18.3. The molecule has 0 saturated carbocycles. The Morgan fingerprint density at radius 3 is 1.22 bits per heavy atom. The second-order valence-electron chi connectivity index (χ2n) is 40.7. The van der Waals surface area contributed by atoms with Crippen LogP contribution in [0, 0.1) is 35.5 Å².